The maximum atomic E-state index is 5.96. The average molecular weight is 252 g/mol. The number of anilines is 1. The third-order valence-electron chi connectivity index (χ3n) is 2.28. The molecule has 0 saturated carbocycles. The lowest BCUT2D eigenvalue weighted by Gasteiger charge is -2.05. The largest absolute Gasteiger partial charge is 0.370 e. The SMILES string of the molecule is CCCNc1cc(-n2cc(Cl)c(C)n2)ncn1. The first-order chi connectivity index (χ1) is 8.20. The molecule has 90 valence electrons. The number of rotatable bonds is 4. The molecule has 2 aromatic rings. The van der Waals surface area contributed by atoms with Crippen molar-refractivity contribution in [3.05, 3.63) is 29.3 Å². The van der Waals surface area contributed by atoms with Crippen LogP contribution in [-0.4, -0.2) is 26.3 Å². The van der Waals surface area contributed by atoms with Crippen molar-refractivity contribution in [2.24, 2.45) is 0 Å². The highest BCUT2D eigenvalue weighted by Gasteiger charge is 2.05. The Kier molecular flexibility index (Phi) is 3.58. The molecule has 0 saturated heterocycles. The van der Waals surface area contributed by atoms with E-state index >= 15 is 0 Å². The van der Waals surface area contributed by atoms with Gasteiger partial charge < -0.3 is 5.32 Å². The van der Waals surface area contributed by atoms with E-state index in [0.717, 1.165) is 24.5 Å². The van der Waals surface area contributed by atoms with Gasteiger partial charge in [-0.15, -0.1) is 0 Å². The summed E-state index contributed by atoms with van der Waals surface area (Å²) < 4.78 is 1.65. The molecule has 0 fully saturated rings. The molecule has 0 bridgehead atoms. The van der Waals surface area contributed by atoms with E-state index in [1.165, 1.54) is 6.33 Å². The van der Waals surface area contributed by atoms with Gasteiger partial charge in [0.1, 0.15) is 12.1 Å². The summed E-state index contributed by atoms with van der Waals surface area (Å²) in [6.07, 6.45) is 4.30. The van der Waals surface area contributed by atoms with Crippen molar-refractivity contribution >= 4 is 17.4 Å². The van der Waals surface area contributed by atoms with Crippen LogP contribution >= 0.6 is 11.6 Å². The van der Waals surface area contributed by atoms with Gasteiger partial charge in [-0.2, -0.15) is 5.10 Å². The predicted molar refractivity (Wildman–Crippen MR) is 67.7 cm³/mol. The molecule has 0 radical (unpaired) electrons. The fraction of sp³-hybridized carbons (Fsp3) is 0.364. The normalized spacial score (nSPS) is 10.5. The van der Waals surface area contributed by atoms with Crippen LogP contribution < -0.4 is 5.32 Å². The Bertz CT molecular complexity index is 489. The summed E-state index contributed by atoms with van der Waals surface area (Å²) in [5.41, 5.74) is 0.786. The van der Waals surface area contributed by atoms with E-state index in [2.05, 4.69) is 27.3 Å². The first-order valence-corrected chi connectivity index (χ1v) is 5.86. The second kappa shape index (κ2) is 5.14. The number of halogens is 1. The number of hydrogen-bond acceptors (Lipinski definition) is 4. The third-order valence-corrected chi connectivity index (χ3v) is 2.65. The fourth-order valence-corrected chi connectivity index (χ4v) is 1.51. The van der Waals surface area contributed by atoms with Crippen LogP contribution in [0, 0.1) is 6.92 Å². The maximum absolute atomic E-state index is 5.96. The highest BCUT2D eigenvalue weighted by Crippen LogP contribution is 2.16. The summed E-state index contributed by atoms with van der Waals surface area (Å²) in [6.45, 7) is 4.84. The van der Waals surface area contributed by atoms with E-state index in [0.29, 0.717) is 10.8 Å². The van der Waals surface area contributed by atoms with Crippen molar-refractivity contribution in [2.45, 2.75) is 20.3 Å². The van der Waals surface area contributed by atoms with Crippen molar-refractivity contribution in [1.29, 1.82) is 0 Å². The van der Waals surface area contributed by atoms with Gasteiger partial charge in [-0.3, -0.25) is 0 Å². The molecule has 6 heteroatoms. The molecule has 0 atom stereocenters. The zero-order valence-electron chi connectivity index (χ0n) is 9.81. The number of nitrogens with zero attached hydrogens (tertiary/aromatic N) is 4. The van der Waals surface area contributed by atoms with E-state index < -0.39 is 0 Å². The molecule has 0 aliphatic heterocycles. The van der Waals surface area contributed by atoms with Crippen LogP contribution in [0.4, 0.5) is 5.82 Å². The molecule has 0 amide bonds. The molecular weight excluding hydrogens is 238 g/mol. The summed E-state index contributed by atoms with van der Waals surface area (Å²) >= 11 is 5.96. The molecule has 0 aromatic carbocycles. The van der Waals surface area contributed by atoms with Crippen LogP contribution in [0.15, 0.2) is 18.6 Å². The second-order valence-electron chi connectivity index (χ2n) is 3.70. The van der Waals surface area contributed by atoms with Gasteiger partial charge >= 0.3 is 0 Å². The fourth-order valence-electron chi connectivity index (χ4n) is 1.38. The van der Waals surface area contributed by atoms with Gasteiger partial charge in [0, 0.05) is 12.6 Å². The van der Waals surface area contributed by atoms with E-state index in [1.807, 2.05) is 13.0 Å². The molecule has 0 aliphatic rings. The lowest BCUT2D eigenvalue weighted by molar-refractivity contribution is 0.825. The van der Waals surface area contributed by atoms with Crippen LogP contribution in [0.25, 0.3) is 5.82 Å². The number of aromatic nitrogens is 4. The van der Waals surface area contributed by atoms with Gasteiger partial charge in [0.2, 0.25) is 0 Å². The molecular formula is C11H14ClN5. The second-order valence-corrected chi connectivity index (χ2v) is 4.10. The number of aryl methyl sites for hydroxylation is 1. The van der Waals surface area contributed by atoms with Crippen molar-refractivity contribution < 1.29 is 0 Å². The minimum atomic E-state index is 0.631. The molecule has 2 heterocycles. The zero-order chi connectivity index (χ0) is 12.3. The Morgan fingerprint density at radius 1 is 1.41 bits per heavy atom. The van der Waals surface area contributed by atoms with Gasteiger partial charge in [-0.25, -0.2) is 14.6 Å². The smallest absolute Gasteiger partial charge is 0.158 e. The molecule has 17 heavy (non-hydrogen) atoms. The Hall–Kier alpha value is -1.62. The number of nitrogens with one attached hydrogen (secondary N) is 1. The Morgan fingerprint density at radius 2 is 2.24 bits per heavy atom. The first-order valence-electron chi connectivity index (χ1n) is 5.48. The van der Waals surface area contributed by atoms with Crippen molar-refractivity contribution in [3.63, 3.8) is 0 Å². The molecule has 0 aliphatic carbocycles. The van der Waals surface area contributed by atoms with Crippen molar-refractivity contribution in [1.82, 2.24) is 19.7 Å². The minimum absolute atomic E-state index is 0.631. The van der Waals surface area contributed by atoms with Gasteiger partial charge in [-0.05, 0) is 13.3 Å². The lowest BCUT2D eigenvalue weighted by atomic mass is 10.4. The molecule has 0 spiro atoms. The van der Waals surface area contributed by atoms with Crippen molar-refractivity contribution in [2.75, 3.05) is 11.9 Å². The summed E-state index contributed by atoms with van der Waals surface area (Å²) in [4.78, 5) is 8.30. The summed E-state index contributed by atoms with van der Waals surface area (Å²) in [5.74, 6) is 1.50. The highest BCUT2D eigenvalue weighted by molar-refractivity contribution is 6.31. The lowest BCUT2D eigenvalue weighted by Crippen LogP contribution is -2.05. The zero-order valence-corrected chi connectivity index (χ0v) is 10.6. The van der Waals surface area contributed by atoms with Crippen LogP contribution in [0.5, 0.6) is 0 Å². The first kappa shape index (κ1) is 11.9. The van der Waals surface area contributed by atoms with E-state index in [4.69, 9.17) is 11.6 Å². The van der Waals surface area contributed by atoms with Crippen LogP contribution in [0.1, 0.15) is 19.0 Å². The van der Waals surface area contributed by atoms with Gasteiger partial charge in [0.25, 0.3) is 0 Å². The van der Waals surface area contributed by atoms with Gasteiger partial charge in [-0.1, -0.05) is 18.5 Å². The van der Waals surface area contributed by atoms with Crippen molar-refractivity contribution in [3.8, 4) is 5.82 Å². The molecule has 2 aromatic heterocycles. The summed E-state index contributed by atoms with van der Waals surface area (Å²) in [7, 11) is 0. The van der Waals surface area contributed by atoms with Crippen LogP contribution in [0.2, 0.25) is 5.02 Å². The molecule has 0 unspecified atom stereocenters. The Morgan fingerprint density at radius 3 is 2.88 bits per heavy atom. The standard InChI is InChI=1S/C11H14ClN5/c1-3-4-13-10-5-11(15-7-14-10)17-6-9(12)8(2)16-17/h5-7H,3-4H2,1-2H3,(H,13,14,15). The Labute approximate surface area is 105 Å². The van der Waals surface area contributed by atoms with Crippen LogP contribution in [-0.2, 0) is 0 Å². The maximum Gasteiger partial charge on any atom is 0.158 e. The Balaban J connectivity index is 2.26. The minimum Gasteiger partial charge on any atom is -0.370 e. The number of hydrogen-bond donors (Lipinski definition) is 1. The quantitative estimate of drug-likeness (QED) is 0.907. The van der Waals surface area contributed by atoms with Gasteiger partial charge in [0.05, 0.1) is 16.9 Å². The highest BCUT2D eigenvalue weighted by atomic mass is 35.5. The van der Waals surface area contributed by atoms with E-state index in [-0.39, 0.29) is 0 Å². The third kappa shape index (κ3) is 2.74. The monoisotopic (exact) mass is 251 g/mol. The molecule has 1 N–H and O–H groups in total. The summed E-state index contributed by atoms with van der Waals surface area (Å²) in [6, 6.07) is 1.85. The topological polar surface area (TPSA) is 55.6 Å². The van der Waals surface area contributed by atoms with Crippen LogP contribution in [0.3, 0.4) is 0 Å². The molecule has 5 nitrogen and oxygen atoms in total. The molecule has 2 rings (SSSR count). The van der Waals surface area contributed by atoms with Gasteiger partial charge in [0.15, 0.2) is 5.82 Å². The summed E-state index contributed by atoms with van der Waals surface area (Å²) in [5, 5.41) is 8.10. The predicted octanol–water partition coefficient (Wildman–Crippen LogP) is 2.45. The van der Waals surface area contributed by atoms with E-state index in [1.54, 1.807) is 10.9 Å². The van der Waals surface area contributed by atoms with E-state index in [9.17, 15) is 0 Å². The average Bonchev–Trinajstić information content (AvgIpc) is 2.68.